The van der Waals surface area contributed by atoms with Gasteiger partial charge in [0.2, 0.25) is 0 Å². The Kier molecular flexibility index (Phi) is 3.64. The fourth-order valence-electron chi connectivity index (χ4n) is 1.36. The molecule has 0 amide bonds. The van der Waals surface area contributed by atoms with E-state index in [0.717, 1.165) is 9.53 Å². The normalized spacial score (nSPS) is 9.94. The maximum absolute atomic E-state index is 13.5. The van der Waals surface area contributed by atoms with Crippen LogP contribution in [0.4, 0.5) is 10.1 Å². The second kappa shape index (κ2) is 5.19. The third-order valence-corrected chi connectivity index (χ3v) is 2.76. The number of benzene rings is 1. The predicted octanol–water partition coefficient (Wildman–Crippen LogP) is 3.51. The van der Waals surface area contributed by atoms with E-state index in [4.69, 9.17) is 9.68 Å². The second-order valence-electron chi connectivity index (χ2n) is 3.37. The van der Waals surface area contributed by atoms with Gasteiger partial charge in [-0.05, 0) is 52.9 Å². The summed E-state index contributed by atoms with van der Waals surface area (Å²) in [6, 6.07) is 9.87. The van der Waals surface area contributed by atoms with Crippen LogP contribution in [0.2, 0.25) is 0 Å². The van der Waals surface area contributed by atoms with Crippen molar-refractivity contribution in [1.82, 2.24) is 0 Å². The van der Waals surface area contributed by atoms with Gasteiger partial charge in [-0.2, -0.15) is 5.26 Å². The zero-order chi connectivity index (χ0) is 12.3. The largest absolute Gasteiger partial charge is 0.454 e. The molecule has 3 nitrogen and oxygen atoms in total. The van der Waals surface area contributed by atoms with Gasteiger partial charge in [-0.3, -0.25) is 0 Å². The van der Waals surface area contributed by atoms with Crippen molar-refractivity contribution in [1.29, 1.82) is 5.26 Å². The number of furan rings is 1. The van der Waals surface area contributed by atoms with Gasteiger partial charge in [0.15, 0.2) is 3.77 Å². The first-order valence-electron chi connectivity index (χ1n) is 4.87. The van der Waals surface area contributed by atoms with Gasteiger partial charge in [-0.25, -0.2) is 4.39 Å². The molecule has 0 aliphatic carbocycles. The Morgan fingerprint density at radius 3 is 2.76 bits per heavy atom. The summed E-state index contributed by atoms with van der Waals surface area (Å²) in [7, 11) is 0. The van der Waals surface area contributed by atoms with E-state index in [1.54, 1.807) is 12.1 Å². The van der Waals surface area contributed by atoms with Gasteiger partial charge in [-0.15, -0.1) is 0 Å². The van der Waals surface area contributed by atoms with Crippen molar-refractivity contribution in [3.63, 3.8) is 0 Å². The summed E-state index contributed by atoms with van der Waals surface area (Å²) in [6.07, 6.45) is 0. The molecule has 0 bridgehead atoms. The fourth-order valence-corrected chi connectivity index (χ4v) is 1.82. The van der Waals surface area contributed by atoms with Crippen molar-refractivity contribution >= 4 is 28.3 Å². The van der Waals surface area contributed by atoms with Crippen molar-refractivity contribution in [3.05, 3.63) is 51.2 Å². The van der Waals surface area contributed by atoms with Gasteiger partial charge in [0.05, 0.1) is 23.9 Å². The number of rotatable bonds is 3. The highest BCUT2D eigenvalue weighted by molar-refractivity contribution is 14.1. The number of hydrogen-bond donors (Lipinski definition) is 1. The lowest BCUT2D eigenvalue weighted by Gasteiger charge is -2.05. The Morgan fingerprint density at radius 2 is 2.18 bits per heavy atom. The summed E-state index contributed by atoms with van der Waals surface area (Å²) in [4.78, 5) is 0. The van der Waals surface area contributed by atoms with Crippen molar-refractivity contribution in [3.8, 4) is 6.07 Å². The van der Waals surface area contributed by atoms with Crippen LogP contribution in [0.15, 0.2) is 34.7 Å². The Bertz CT molecular complexity index is 574. The standard InChI is InChI=1S/C12H8FIN2O/c13-10-5-8(6-15)1-3-11(10)16-7-9-2-4-12(14)17-9/h1-5,16H,7H2. The number of nitrogens with zero attached hydrogens (tertiary/aromatic N) is 1. The molecule has 0 spiro atoms. The Morgan fingerprint density at radius 1 is 1.35 bits per heavy atom. The van der Waals surface area contributed by atoms with Gasteiger partial charge in [0.25, 0.3) is 0 Å². The third-order valence-electron chi connectivity index (χ3n) is 2.18. The first-order valence-corrected chi connectivity index (χ1v) is 5.94. The van der Waals surface area contributed by atoms with E-state index in [2.05, 4.69) is 27.9 Å². The molecule has 5 heteroatoms. The van der Waals surface area contributed by atoms with E-state index in [-0.39, 0.29) is 0 Å². The van der Waals surface area contributed by atoms with Crippen LogP contribution in [0.25, 0.3) is 0 Å². The van der Waals surface area contributed by atoms with E-state index < -0.39 is 5.82 Å². The summed E-state index contributed by atoms with van der Waals surface area (Å²) in [5.74, 6) is 0.295. The van der Waals surface area contributed by atoms with Crippen LogP contribution in [0.1, 0.15) is 11.3 Å². The molecule has 0 unspecified atom stereocenters. The molecule has 0 radical (unpaired) electrons. The predicted molar refractivity (Wildman–Crippen MR) is 69.9 cm³/mol. The van der Waals surface area contributed by atoms with Crippen LogP contribution in [0.5, 0.6) is 0 Å². The highest BCUT2D eigenvalue weighted by Crippen LogP contribution is 2.17. The molecule has 1 aromatic carbocycles. The Labute approximate surface area is 111 Å². The zero-order valence-electron chi connectivity index (χ0n) is 8.71. The first-order chi connectivity index (χ1) is 8.19. The number of anilines is 1. The van der Waals surface area contributed by atoms with Crippen LogP contribution in [-0.2, 0) is 6.54 Å². The smallest absolute Gasteiger partial charge is 0.164 e. The van der Waals surface area contributed by atoms with Crippen LogP contribution < -0.4 is 5.32 Å². The van der Waals surface area contributed by atoms with Crippen LogP contribution in [-0.4, -0.2) is 0 Å². The topological polar surface area (TPSA) is 49.0 Å². The summed E-state index contributed by atoms with van der Waals surface area (Å²) in [6.45, 7) is 0.409. The minimum absolute atomic E-state index is 0.306. The van der Waals surface area contributed by atoms with Crippen molar-refractivity contribution < 1.29 is 8.81 Å². The van der Waals surface area contributed by atoms with E-state index in [0.29, 0.717) is 17.8 Å². The fraction of sp³-hybridized carbons (Fsp3) is 0.0833. The molecule has 1 aromatic heterocycles. The number of halogens is 2. The minimum Gasteiger partial charge on any atom is -0.454 e. The molecule has 17 heavy (non-hydrogen) atoms. The molecule has 2 aromatic rings. The van der Waals surface area contributed by atoms with Gasteiger partial charge < -0.3 is 9.73 Å². The summed E-state index contributed by atoms with van der Waals surface area (Å²) < 4.78 is 19.6. The number of hydrogen-bond acceptors (Lipinski definition) is 3. The average molecular weight is 342 g/mol. The average Bonchev–Trinajstić information content (AvgIpc) is 2.73. The Balaban J connectivity index is 2.07. The zero-order valence-corrected chi connectivity index (χ0v) is 10.9. The first kappa shape index (κ1) is 11.9. The SMILES string of the molecule is N#Cc1ccc(NCc2ccc(I)o2)c(F)c1. The number of nitriles is 1. The molecule has 0 fully saturated rings. The second-order valence-corrected chi connectivity index (χ2v) is 4.43. The van der Waals surface area contributed by atoms with E-state index in [1.165, 1.54) is 6.07 Å². The van der Waals surface area contributed by atoms with Crippen molar-refractivity contribution in [2.24, 2.45) is 0 Å². The van der Waals surface area contributed by atoms with Gasteiger partial charge >= 0.3 is 0 Å². The van der Waals surface area contributed by atoms with Crippen LogP contribution in [0.3, 0.4) is 0 Å². The van der Waals surface area contributed by atoms with E-state index >= 15 is 0 Å². The van der Waals surface area contributed by atoms with Crippen molar-refractivity contribution in [2.45, 2.75) is 6.54 Å². The highest BCUT2D eigenvalue weighted by atomic mass is 127. The molecule has 86 valence electrons. The summed E-state index contributed by atoms with van der Waals surface area (Å²) in [5, 5.41) is 11.5. The third kappa shape index (κ3) is 2.97. The van der Waals surface area contributed by atoms with E-state index in [1.807, 2.05) is 18.2 Å². The van der Waals surface area contributed by atoms with Crippen LogP contribution in [0, 0.1) is 20.9 Å². The molecular formula is C12H8FIN2O. The molecule has 0 saturated carbocycles. The maximum Gasteiger partial charge on any atom is 0.164 e. The van der Waals surface area contributed by atoms with Gasteiger partial charge in [0.1, 0.15) is 11.6 Å². The van der Waals surface area contributed by atoms with Gasteiger partial charge in [-0.1, -0.05) is 0 Å². The molecule has 0 atom stereocenters. The highest BCUT2D eigenvalue weighted by Gasteiger charge is 2.04. The molecule has 1 N–H and O–H groups in total. The summed E-state index contributed by atoms with van der Waals surface area (Å²) in [5.41, 5.74) is 0.663. The van der Waals surface area contributed by atoms with Gasteiger partial charge in [0, 0.05) is 0 Å². The lowest BCUT2D eigenvalue weighted by atomic mass is 10.2. The van der Waals surface area contributed by atoms with Crippen molar-refractivity contribution in [2.75, 3.05) is 5.32 Å². The summed E-state index contributed by atoms with van der Waals surface area (Å²) >= 11 is 2.07. The Hall–Kier alpha value is -1.55. The molecule has 1 heterocycles. The monoisotopic (exact) mass is 342 g/mol. The quantitative estimate of drug-likeness (QED) is 0.869. The number of nitrogens with one attached hydrogen (secondary N) is 1. The molecule has 0 saturated heterocycles. The maximum atomic E-state index is 13.5. The molecule has 0 aliphatic rings. The van der Waals surface area contributed by atoms with E-state index in [9.17, 15) is 4.39 Å². The molecule has 0 aliphatic heterocycles. The lowest BCUT2D eigenvalue weighted by molar-refractivity contribution is 0.492. The van der Waals surface area contributed by atoms with Crippen LogP contribution >= 0.6 is 22.6 Å². The minimum atomic E-state index is -0.440. The lowest BCUT2D eigenvalue weighted by Crippen LogP contribution is -2.00. The molecule has 2 rings (SSSR count). The molecular weight excluding hydrogens is 334 g/mol.